The van der Waals surface area contributed by atoms with Gasteiger partial charge in [-0.25, -0.2) is 4.79 Å². The zero-order valence-corrected chi connectivity index (χ0v) is 16.2. The smallest absolute Gasteiger partial charge is 0.318 e. The van der Waals surface area contributed by atoms with Gasteiger partial charge in [-0.15, -0.1) is 0 Å². The third-order valence-electron chi connectivity index (χ3n) is 4.01. The molecule has 2 rings (SSSR count). The fourth-order valence-corrected chi connectivity index (χ4v) is 3.09. The number of hydrogen-bond donors (Lipinski definition) is 1. The summed E-state index contributed by atoms with van der Waals surface area (Å²) in [7, 11) is 5.68. The summed E-state index contributed by atoms with van der Waals surface area (Å²) in [6, 6.07) is 9.73. The zero-order valence-electron chi connectivity index (χ0n) is 15.4. The van der Waals surface area contributed by atoms with E-state index in [4.69, 9.17) is 4.74 Å². The molecule has 1 heterocycles. The van der Waals surface area contributed by atoms with Gasteiger partial charge in [0.1, 0.15) is 5.75 Å². The van der Waals surface area contributed by atoms with Gasteiger partial charge >= 0.3 is 6.03 Å². The lowest BCUT2D eigenvalue weighted by molar-refractivity contribution is 0.185. The third kappa shape index (κ3) is 6.07. The Labute approximate surface area is 154 Å². The van der Waals surface area contributed by atoms with Crippen molar-refractivity contribution in [3.05, 3.63) is 52.2 Å². The second-order valence-electron chi connectivity index (χ2n) is 6.30. The monoisotopic (exact) mass is 361 g/mol. The number of nitrogens with one attached hydrogen (secondary N) is 1. The van der Waals surface area contributed by atoms with Crippen LogP contribution in [0.4, 0.5) is 4.79 Å². The second kappa shape index (κ2) is 9.44. The maximum Gasteiger partial charge on any atom is 0.318 e. The lowest BCUT2D eigenvalue weighted by Crippen LogP contribution is -2.43. The van der Waals surface area contributed by atoms with Crippen LogP contribution in [-0.4, -0.2) is 50.1 Å². The van der Waals surface area contributed by atoms with Gasteiger partial charge in [0.05, 0.1) is 13.2 Å². The van der Waals surface area contributed by atoms with Crippen molar-refractivity contribution in [2.75, 3.05) is 34.3 Å². The van der Waals surface area contributed by atoms with Gasteiger partial charge in [0.15, 0.2) is 0 Å². The van der Waals surface area contributed by atoms with Crippen LogP contribution in [0.5, 0.6) is 5.75 Å². The summed E-state index contributed by atoms with van der Waals surface area (Å²) in [4.78, 5) is 16.7. The molecule has 0 saturated carbocycles. The molecule has 0 aliphatic carbocycles. The standard InChI is InChI=1S/C19H27N3O2S/c1-15(17-5-7-18(24-4)8-6-17)20-19(23)22(11-10-21(2)3)13-16-9-12-25-14-16/h5-9,12,14-15H,10-11,13H2,1-4H3,(H,20,23)/t15-/m1/s1. The Morgan fingerprint density at radius 1 is 1.20 bits per heavy atom. The van der Waals surface area contributed by atoms with Crippen molar-refractivity contribution in [1.29, 1.82) is 0 Å². The van der Waals surface area contributed by atoms with Gasteiger partial charge in [0.2, 0.25) is 0 Å². The van der Waals surface area contributed by atoms with Crippen molar-refractivity contribution in [3.63, 3.8) is 0 Å². The third-order valence-corrected chi connectivity index (χ3v) is 4.75. The molecular formula is C19H27N3O2S. The summed E-state index contributed by atoms with van der Waals surface area (Å²) in [6.45, 7) is 4.13. The molecule has 1 aromatic heterocycles. The lowest BCUT2D eigenvalue weighted by atomic mass is 10.1. The second-order valence-corrected chi connectivity index (χ2v) is 7.08. The summed E-state index contributed by atoms with van der Waals surface area (Å²) >= 11 is 1.65. The Morgan fingerprint density at radius 2 is 1.92 bits per heavy atom. The van der Waals surface area contributed by atoms with Crippen molar-refractivity contribution in [1.82, 2.24) is 15.1 Å². The van der Waals surface area contributed by atoms with Gasteiger partial charge in [0, 0.05) is 19.6 Å². The van der Waals surface area contributed by atoms with Crippen LogP contribution in [0.2, 0.25) is 0 Å². The largest absolute Gasteiger partial charge is 0.497 e. The van der Waals surface area contributed by atoms with Crippen molar-refractivity contribution < 1.29 is 9.53 Å². The number of carbonyl (C=O) groups excluding carboxylic acids is 1. The average Bonchev–Trinajstić information content (AvgIpc) is 3.11. The summed E-state index contributed by atoms with van der Waals surface area (Å²) in [5.74, 6) is 0.812. The van der Waals surface area contributed by atoms with Gasteiger partial charge < -0.3 is 19.9 Å². The molecule has 5 nitrogen and oxygen atoms in total. The molecule has 1 N–H and O–H groups in total. The molecule has 0 fully saturated rings. The lowest BCUT2D eigenvalue weighted by Gasteiger charge is -2.26. The van der Waals surface area contributed by atoms with Crippen LogP contribution in [0.15, 0.2) is 41.1 Å². The van der Waals surface area contributed by atoms with E-state index >= 15 is 0 Å². The van der Waals surface area contributed by atoms with E-state index in [0.717, 1.165) is 23.4 Å². The number of rotatable bonds is 8. The average molecular weight is 362 g/mol. The Morgan fingerprint density at radius 3 is 2.48 bits per heavy atom. The number of amides is 2. The molecule has 136 valence electrons. The molecule has 0 bridgehead atoms. The van der Waals surface area contributed by atoms with Crippen LogP contribution in [0.1, 0.15) is 24.1 Å². The van der Waals surface area contributed by atoms with E-state index in [-0.39, 0.29) is 12.1 Å². The summed E-state index contributed by atoms with van der Waals surface area (Å²) in [6.07, 6.45) is 0. The number of benzene rings is 1. The molecule has 0 radical (unpaired) electrons. The molecule has 25 heavy (non-hydrogen) atoms. The Kier molecular flexibility index (Phi) is 7.28. The number of hydrogen-bond acceptors (Lipinski definition) is 4. The van der Waals surface area contributed by atoms with Gasteiger partial charge in [-0.1, -0.05) is 12.1 Å². The highest BCUT2D eigenvalue weighted by Gasteiger charge is 2.17. The van der Waals surface area contributed by atoms with Gasteiger partial charge in [0.25, 0.3) is 0 Å². The minimum atomic E-state index is -0.0669. The quantitative estimate of drug-likeness (QED) is 0.781. The Balaban J connectivity index is 2.00. The fraction of sp³-hybridized carbons (Fsp3) is 0.421. The first-order valence-electron chi connectivity index (χ1n) is 8.34. The number of nitrogens with zero attached hydrogens (tertiary/aromatic N) is 2. The van der Waals surface area contributed by atoms with Gasteiger partial charge in [-0.05, 0) is 61.1 Å². The predicted octanol–water partition coefficient (Wildman–Crippen LogP) is 3.59. The van der Waals surface area contributed by atoms with Crippen molar-refractivity contribution in [2.24, 2.45) is 0 Å². The van der Waals surface area contributed by atoms with E-state index in [1.165, 1.54) is 0 Å². The fourth-order valence-electron chi connectivity index (χ4n) is 2.43. The molecule has 0 spiro atoms. The highest BCUT2D eigenvalue weighted by Crippen LogP contribution is 2.18. The van der Waals surface area contributed by atoms with E-state index in [1.54, 1.807) is 18.4 Å². The molecule has 0 saturated heterocycles. The van der Waals surface area contributed by atoms with Crippen LogP contribution in [-0.2, 0) is 6.54 Å². The van der Waals surface area contributed by atoms with E-state index < -0.39 is 0 Å². The molecular weight excluding hydrogens is 334 g/mol. The number of likely N-dealkylation sites (N-methyl/N-ethyl adjacent to an activating group) is 1. The molecule has 1 aromatic carbocycles. The van der Waals surface area contributed by atoms with Crippen molar-refractivity contribution in [2.45, 2.75) is 19.5 Å². The molecule has 0 aliphatic rings. The van der Waals surface area contributed by atoms with Gasteiger partial charge in [-0.2, -0.15) is 11.3 Å². The first-order valence-corrected chi connectivity index (χ1v) is 9.29. The Bertz CT molecular complexity index is 641. The van der Waals surface area contributed by atoms with E-state index in [1.807, 2.05) is 55.6 Å². The first-order chi connectivity index (χ1) is 12.0. The van der Waals surface area contributed by atoms with Crippen LogP contribution in [0, 0.1) is 0 Å². The zero-order chi connectivity index (χ0) is 18.2. The number of thiophene rings is 1. The Hall–Kier alpha value is -2.05. The number of urea groups is 1. The minimum Gasteiger partial charge on any atom is -0.497 e. The van der Waals surface area contributed by atoms with Crippen molar-refractivity contribution in [3.8, 4) is 5.75 Å². The summed E-state index contributed by atoms with van der Waals surface area (Å²) in [5, 5.41) is 7.23. The van der Waals surface area contributed by atoms with Crippen LogP contribution in [0.3, 0.4) is 0 Å². The molecule has 6 heteroatoms. The SMILES string of the molecule is COc1ccc([C@@H](C)NC(=O)N(CCN(C)C)Cc2ccsc2)cc1. The molecule has 1 atom stereocenters. The van der Waals surface area contributed by atoms with E-state index in [0.29, 0.717) is 13.1 Å². The van der Waals surface area contributed by atoms with Gasteiger partial charge in [-0.3, -0.25) is 0 Å². The molecule has 2 aromatic rings. The normalized spacial score (nSPS) is 12.0. The molecule has 0 unspecified atom stereocenters. The van der Waals surface area contributed by atoms with E-state index in [9.17, 15) is 4.79 Å². The van der Waals surface area contributed by atoms with Crippen LogP contribution in [0.25, 0.3) is 0 Å². The van der Waals surface area contributed by atoms with E-state index in [2.05, 4.69) is 21.7 Å². The summed E-state index contributed by atoms with van der Waals surface area (Å²) in [5.41, 5.74) is 2.22. The molecule has 0 aliphatic heterocycles. The summed E-state index contributed by atoms with van der Waals surface area (Å²) < 4.78 is 5.18. The predicted molar refractivity (Wildman–Crippen MR) is 103 cm³/mol. The van der Waals surface area contributed by atoms with Crippen molar-refractivity contribution >= 4 is 17.4 Å². The maximum absolute atomic E-state index is 12.8. The van der Waals surface area contributed by atoms with Crippen LogP contribution >= 0.6 is 11.3 Å². The minimum absolute atomic E-state index is 0.0450. The number of methoxy groups -OCH3 is 1. The number of ether oxygens (including phenoxy) is 1. The van der Waals surface area contributed by atoms with Crippen LogP contribution < -0.4 is 10.1 Å². The highest BCUT2D eigenvalue weighted by molar-refractivity contribution is 7.07. The first kappa shape index (κ1) is 19.3. The topological polar surface area (TPSA) is 44.8 Å². The number of carbonyl (C=O) groups is 1. The highest BCUT2D eigenvalue weighted by atomic mass is 32.1. The maximum atomic E-state index is 12.8. The molecule has 2 amide bonds.